The van der Waals surface area contributed by atoms with Crippen LogP contribution in [0.4, 0.5) is 0 Å². The van der Waals surface area contributed by atoms with Gasteiger partial charge in [-0.3, -0.25) is 0 Å². The first-order valence-corrected chi connectivity index (χ1v) is 13.0. The zero-order chi connectivity index (χ0) is 24.8. The number of carbonyl (C=O) groups excluding carboxylic acids is 1. The molecule has 0 atom stereocenters. The fourth-order valence-corrected chi connectivity index (χ4v) is 5.00. The summed E-state index contributed by atoms with van der Waals surface area (Å²) in [5.74, 6) is 3.17. The second-order valence-corrected chi connectivity index (χ2v) is 9.40. The molecule has 2 aromatic carbocycles. The number of rotatable bonds is 11. The van der Waals surface area contributed by atoms with Crippen LogP contribution in [0.2, 0.25) is 5.02 Å². The van der Waals surface area contributed by atoms with Gasteiger partial charge in [-0.25, -0.2) is 9.78 Å². The smallest absolute Gasteiger partial charge is 0.357 e. The number of aryl methyl sites for hydroxylation is 1. The Hall–Kier alpha value is -2.84. The van der Waals surface area contributed by atoms with Crippen molar-refractivity contribution in [2.45, 2.75) is 50.4 Å². The number of methoxy groups -OCH3 is 1. The van der Waals surface area contributed by atoms with Crippen molar-refractivity contribution in [3.63, 3.8) is 0 Å². The first-order valence-electron chi connectivity index (χ1n) is 11.6. The minimum absolute atomic E-state index is 0.169. The molecule has 1 aliphatic rings. The number of imidazole rings is 1. The lowest BCUT2D eigenvalue weighted by Crippen LogP contribution is -2.16. The molecule has 1 aromatic heterocycles. The lowest BCUT2D eigenvalue weighted by molar-refractivity contribution is 0.0509. The lowest BCUT2D eigenvalue weighted by Gasteiger charge is -2.14. The van der Waals surface area contributed by atoms with Crippen molar-refractivity contribution in [3.8, 4) is 17.2 Å². The molecule has 0 amide bonds. The largest absolute Gasteiger partial charge is 0.497 e. The molecule has 3 aromatic rings. The number of hydrogen-bond donors (Lipinski definition) is 0. The van der Waals surface area contributed by atoms with Crippen molar-refractivity contribution >= 4 is 29.3 Å². The Morgan fingerprint density at radius 1 is 1.17 bits per heavy atom. The van der Waals surface area contributed by atoms with Crippen molar-refractivity contribution in [1.82, 2.24) is 9.55 Å². The summed E-state index contributed by atoms with van der Waals surface area (Å²) in [5, 5.41) is 1.20. The highest BCUT2D eigenvalue weighted by molar-refractivity contribution is 7.98. The van der Waals surface area contributed by atoms with Crippen molar-refractivity contribution < 1.29 is 23.7 Å². The van der Waals surface area contributed by atoms with E-state index in [-0.39, 0.29) is 13.4 Å². The van der Waals surface area contributed by atoms with Crippen molar-refractivity contribution in [3.05, 3.63) is 64.1 Å². The highest BCUT2D eigenvalue weighted by atomic mass is 35.5. The molecule has 0 aliphatic carbocycles. The Bertz CT molecular complexity index is 1180. The standard InChI is InChI=1S/C26H29ClN2O5S/c1-4-6-7-23-28-25(35-15-17-8-10-19(31-3)11-9-17)24(26(30)32-5-2)29(23)14-18-12-21-22(13-20(18)27)34-16-33-21/h8-13H,4-7,14-16H2,1-3H3. The number of aromatic nitrogens is 2. The molecular weight excluding hydrogens is 488 g/mol. The van der Waals surface area contributed by atoms with Crippen LogP contribution in [0.1, 0.15) is 54.1 Å². The van der Waals surface area contributed by atoms with Crippen LogP contribution in [0.15, 0.2) is 41.4 Å². The minimum Gasteiger partial charge on any atom is -0.497 e. The number of hydrogen-bond acceptors (Lipinski definition) is 7. The molecule has 4 rings (SSSR count). The van der Waals surface area contributed by atoms with Gasteiger partial charge in [-0.2, -0.15) is 0 Å². The van der Waals surface area contributed by atoms with Crippen LogP contribution >= 0.6 is 23.4 Å². The van der Waals surface area contributed by atoms with E-state index in [0.29, 0.717) is 39.5 Å². The predicted octanol–water partition coefficient (Wildman–Crippen LogP) is 6.13. The molecule has 2 heterocycles. The minimum atomic E-state index is -0.392. The number of fused-ring (bicyclic) bond motifs is 1. The monoisotopic (exact) mass is 516 g/mol. The van der Waals surface area contributed by atoms with E-state index >= 15 is 0 Å². The number of carbonyl (C=O) groups is 1. The molecular formula is C26H29ClN2O5S. The van der Waals surface area contributed by atoms with Crippen LogP contribution < -0.4 is 14.2 Å². The van der Waals surface area contributed by atoms with E-state index in [2.05, 4.69) is 6.92 Å². The van der Waals surface area contributed by atoms with Gasteiger partial charge < -0.3 is 23.5 Å². The van der Waals surface area contributed by atoms with E-state index in [1.54, 1.807) is 20.1 Å². The lowest BCUT2D eigenvalue weighted by atomic mass is 10.2. The number of esters is 1. The second kappa shape index (κ2) is 11.7. The summed E-state index contributed by atoms with van der Waals surface area (Å²) in [5.41, 5.74) is 2.38. The third-order valence-corrected chi connectivity index (χ3v) is 7.03. The SMILES string of the molecule is CCCCc1nc(SCc2ccc(OC)cc2)c(C(=O)OCC)n1Cc1cc2c(cc1Cl)OCO2. The van der Waals surface area contributed by atoms with Gasteiger partial charge in [-0.15, -0.1) is 0 Å². The summed E-state index contributed by atoms with van der Waals surface area (Å²) in [6.45, 7) is 4.76. The fourth-order valence-electron chi connectivity index (χ4n) is 3.79. The van der Waals surface area contributed by atoms with Gasteiger partial charge in [0.25, 0.3) is 0 Å². The molecule has 9 heteroatoms. The van der Waals surface area contributed by atoms with Gasteiger partial charge in [0.1, 0.15) is 16.6 Å². The third kappa shape index (κ3) is 5.87. The fraction of sp³-hybridized carbons (Fsp3) is 0.385. The van der Waals surface area contributed by atoms with Gasteiger partial charge in [0.2, 0.25) is 6.79 Å². The van der Waals surface area contributed by atoms with E-state index in [1.165, 1.54) is 11.8 Å². The van der Waals surface area contributed by atoms with Crippen LogP contribution in [-0.2, 0) is 23.5 Å². The number of halogens is 1. The Morgan fingerprint density at radius 3 is 2.60 bits per heavy atom. The Kier molecular flexibility index (Phi) is 8.46. The molecule has 0 N–H and O–H groups in total. The van der Waals surface area contributed by atoms with Crippen LogP contribution in [0, 0.1) is 0 Å². The summed E-state index contributed by atoms with van der Waals surface area (Å²) in [7, 11) is 1.65. The number of ether oxygens (including phenoxy) is 4. The van der Waals surface area contributed by atoms with Crippen LogP contribution in [-0.4, -0.2) is 36.0 Å². The van der Waals surface area contributed by atoms with E-state index < -0.39 is 5.97 Å². The molecule has 0 radical (unpaired) electrons. The zero-order valence-corrected chi connectivity index (χ0v) is 21.7. The molecule has 0 saturated heterocycles. The van der Waals surface area contributed by atoms with E-state index in [1.807, 2.05) is 34.9 Å². The van der Waals surface area contributed by atoms with Gasteiger partial charge in [-0.05, 0) is 42.7 Å². The number of benzene rings is 2. The first-order chi connectivity index (χ1) is 17.0. The Labute approximate surface area is 214 Å². The molecule has 7 nitrogen and oxygen atoms in total. The van der Waals surface area contributed by atoms with Crippen molar-refractivity contribution in [2.75, 3.05) is 20.5 Å². The van der Waals surface area contributed by atoms with E-state index in [0.717, 1.165) is 42.0 Å². The topological polar surface area (TPSA) is 71.8 Å². The quantitative estimate of drug-likeness (QED) is 0.224. The maximum Gasteiger partial charge on any atom is 0.357 e. The van der Waals surface area contributed by atoms with E-state index in [4.69, 9.17) is 35.5 Å². The van der Waals surface area contributed by atoms with Gasteiger partial charge in [0.05, 0.1) is 20.3 Å². The highest BCUT2D eigenvalue weighted by Gasteiger charge is 2.26. The second-order valence-electron chi connectivity index (χ2n) is 8.03. The Morgan fingerprint density at radius 2 is 1.91 bits per heavy atom. The summed E-state index contributed by atoms with van der Waals surface area (Å²) >= 11 is 8.10. The van der Waals surface area contributed by atoms with Crippen molar-refractivity contribution in [1.29, 1.82) is 0 Å². The molecule has 0 fully saturated rings. The van der Waals surface area contributed by atoms with Gasteiger partial charge in [0.15, 0.2) is 17.2 Å². The van der Waals surface area contributed by atoms with Gasteiger partial charge >= 0.3 is 5.97 Å². The van der Waals surface area contributed by atoms with Crippen molar-refractivity contribution in [2.24, 2.45) is 0 Å². The van der Waals surface area contributed by atoms with Crippen LogP contribution in [0.25, 0.3) is 0 Å². The van der Waals surface area contributed by atoms with E-state index in [9.17, 15) is 4.79 Å². The van der Waals surface area contributed by atoms with Crippen LogP contribution in [0.5, 0.6) is 17.2 Å². The molecule has 0 saturated carbocycles. The normalized spacial score (nSPS) is 12.1. The summed E-state index contributed by atoms with van der Waals surface area (Å²) in [6, 6.07) is 11.5. The molecule has 0 bridgehead atoms. The molecule has 0 spiro atoms. The maximum atomic E-state index is 13.1. The zero-order valence-electron chi connectivity index (χ0n) is 20.1. The van der Waals surface area contributed by atoms with Gasteiger partial charge in [0, 0.05) is 23.3 Å². The molecule has 1 aliphatic heterocycles. The highest BCUT2D eigenvalue weighted by Crippen LogP contribution is 2.38. The third-order valence-electron chi connectivity index (χ3n) is 5.64. The summed E-state index contributed by atoms with van der Waals surface area (Å²) in [6.07, 6.45) is 2.71. The predicted molar refractivity (Wildman–Crippen MR) is 136 cm³/mol. The van der Waals surface area contributed by atoms with Gasteiger partial charge in [-0.1, -0.05) is 48.8 Å². The number of thioether (sulfide) groups is 1. The summed E-state index contributed by atoms with van der Waals surface area (Å²) < 4.78 is 23.6. The number of nitrogens with zero attached hydrogens (tertiary/aromatic N) is 2. The first kappa shape index (κ1) is 25.3. The van der Waals surface area contributed by atoms with Crippen LogP contribution in [0.3, 0.4) is 0 Å². The Balaban J connectivity index is 1.69. The average Bonchev–Trinajstić information content (AvgIpc) is 3.45. The molecule has 0 unspecified atom stereocenters. The molecule has 35 heavy (non-hydrogen) atoms. The summed E-state index contributed by atoms with van der Waals surface area (Å²) in [4.78, 5) is 18.0. The average molecular weight is 517 g/mol. The molecule has 186 valence electrons. The maximum absolute atomic E-state index is 13.1. The number of unbranched alkanes of at least 4 members (excludes halogenated alkanes) is 1.